The van der Waals surface area contributed by atoms with Crippen molar-refractivity contribution in [1.82, 2.24) is 35.3 Å². The Balaban J connectivity index is 1.28. The Labute approximate surface area is 208 Å². The molecule has 186 valence electrons. The molecule has 0 amide bonds. The molecule has 11 heteroatoms. The van der Waals surface area contributed by atoms with Crippen molar-refractivity contribution in [3.63, 3.8) is 0 Å². The molecule has 0 spiro atoms. The van der Waals surface area contributed by atoms with E-state index in [1.807, 2.05) is 17.9 Å². The molecule has 2 bridgehead atoms. The van der Waals surface area contributed by atoms with Crippen molar-refractivity contribution in [2.75, 3.05) is 4.90 Å². The average Bonchev–Trinajstić information content (AvgIpc) is 3.56. The van der Waals surface area contributed by atoms with Gasteiger partial charge in [-0.2, -0.15) is 15.3 Å². The number of piperidine rings is 1. The number of aromatic nitrogens is 6. The van der Waals surface area contributed by atoms with Crippen LogP contribution < -0.4 is 10.2 Å². The van der Waals surface area contributed by atoms with Crippen molar-refractivity contribution < 1.29 is 9.50 Å². The minimum Gasteiger partial charge on any atom is -0.507 e. The van der Waals surface area contributed by atoms with Crippen LogP contribution in [0.5, 0.6) is 5.75 Å². The number of fused-ring (bicyclic) bond motifs is 2. The monoisotopic (exact) mass is 489 g/mol. The molecule has 3 aliphatic rings. The molecule has 1 aliphatic carbocycles. The number of anilines is 1. The van der Waals surface area contributed by atoms with Crippen LogP contribution in [0.3, 0.4) is 0 Å². The van der Waals surface area contributed by atoms with Crippen molar-refractivity contribution in [2.45, 2.75) is 75.3 Å². The molecular weight excluding hydrogens is 461 g/mol. The summed E-state index contributed by atoms with van der Waals surface area (Å²) < 4.78 is 17.2. The van der Waals surface area contributed by atoms with Crippen molar-refractivity contribution in [3.05, 3.63) is 30.2 Å². The predicted molar refractivity (Wildman–Crippen MR) is 130 cm³/mol. The Kier molecular flexibility index (Phi) is 5.02. The molecule has 1 saturated carbocycles. The van der Waals surface area contributed by atoms with Crippen LogP contribution in [-0.4, -0.2) is 64.4 Å². The molecule has 10 nitrogen and oxygen atoms in total. The van der Waals surface area contributed by atoms with Gasteiger partial charge in [0.25, 0.3) is 0 Å². The van der Waals surface area contributed by atoms with Gasteiger partial charge in [0, 0.05) is 35.3 Å². The summed E-state index contributed by atoms with van der Waals surface area (Å²) in [5, 5.41) is 36.3. The molecule has 3 aromatic rings. The highest BCUT2D eigenvalue weighted by molar-refractivity contribution is 5.71. The second kappa shape index (κ2) is 7.93. The number of nitriles is 1. The van der Waals surface area contributed by atoms with Gasteiger partial charge in [-0.15, -0.1) is 10.2 Å². The second-order valence-electron chi connectivity index (χ2n) is 10.8. The summed E-state index contributed by atoms with van der Waals surface area (Å²) in [4.78, 5) is 10.8. The van der Waals surface area contributed by atoms with Crippen molar-refractivity contribution in [1.29, 1.82) is 5.26 Å². The third-order valence-electron chi connectivity index (χ3n) is 7.86. The van der Waals surface area contributed by atoms with Gasteiger partial charge in [0.15, 0.2) is 5.82 Å². The van der Waals surface area contributed by atoms with Crippen molar-refractivity contribution in [3.8, 4) is 34.5 Å². The van der Waals surface area contributed by atoms with Gasteiger partial charge in [-0.25, -0.2) is 14.1 Å². The van der Waals surface area contributed by atoms with Crippen LogP contribution in [-0.2, 0) is 7.05 Å². The SMILES string of the molecule is Cn1nc(-c2ccc(-c3cnc(N(C4CC4)[C@H]4C[C@]5(C)CC[C@@](C)(N5)[C@H]4F)nn3)c(O)c2)nc1C#N. The number of hydrogen-bond acceptors (Lipinski definition) is 9. The molecular formula is C25H28FN9O. The smallest absolute Gasteiger partial charge is 0.245 e. The van der Waals surface area contributed by atoms with E-state index < -0.39 is 11.7 Å². The molecule has 6 rings (SSSR count). The molecule has 4 heterocycles. The highest BCUT2D eigenvalue weighted by Crippen LogP contribution is 2.47. The molecule has 0 unspecified atom stereocenters. The van der Waals surface area contributed by atoms with E-state index >= 15 is 4.39 Å². The number of alkyl halides is 1. The van der Waals surface area contributed by atoms with Gasteiger partial charge in [0.1, 0.15) is 23.7 Å². The fourth-order valence-electron chi connectivity index (χ4n) is 5.88. The number of nitrogens with zero attached hydrogens (tertiary/aromatic N) is 8. The summed E-state index contributed by atoms with van der Waals surface area (Å²) in [5.41, 5.74) is 0.811. The number of benzene rings is 1. The molecule has 3 fully saturated rings. The van der Waals surface area contributed by atoms with Gasteiger partial charge < -0.3 is 15.3 Å². The van der Waals surface area contributed by atoms with Crippen LogP contribution >= 0.6 is 0 Å². The Morgan fingerprint density at radius 3 is 2.69 bits per heavy atom. The molecule has 2 saturated heterocycles. The Bertz CT molecular complexity index is 1360. The summed E-state index contributed by atoms with van der Waals surface area (Å²) in [6, 6.07) is 6.86. The zero-order valence-corrected chi connectivity index (χ0v) is 20.5. The van der Waals surface area contributed by atoms with Crippen LogP contribution in [0.1, 0.15) is 51.8 Å². The number of phenols is 1. The maximum absolute atomic E-state index is 15.8. The fraction of sp³-hybridized carbons (Fsp3) is 0.520. The van der Waals surface area contributed by atoms with E-state index in [-0.39, 0.29) is 29.2 Å². The summed E-state index contributed by atoms with van der Waals surface area (Å²) in [5.74, 6) is 0.926. The van der Waals surface area contributed by atoms with Crippen molar-refractivity contribution in [2.24, 2.45) is 7.05 Å². The third-order valence-corrected chi connectivity index (χ3v) is 7.86. The third kappa shape index (κ3) is 3.67. The second-order valence-corrected chi connectivity index (χ2v) is 10.8. The van der Waals surface area contributed by atoms with E-state index in [2.05, 4.69) is 37.5 Å². The number of aromatic hydroxyl groups is 1. The van der Waals surface area contributed by atoms with E-state index in [4.69, 9.17) is 5.26 Å². The van der Waals surface area contributed by atoms with Gasteiger partial charge in [-0.1, -0.05) is 6.07 Å². The zero-order chi connectivity index (χ0) is 25.2. The van der Waals surface area contributed by atoms with E-state index in [1.165, 1.54) is 10.7 Å². The standard InChI is InChI=1S/C25H28FN9O/c1-24-8-9-25(2,33-24)21(26)18(11-24)35(15-5-6-15)23-28-13-17(30-31-23)16-7-4-14(10-19(16)36)22-29-20(12-27)34(3)32-22/h4,7,10,13,15,18,21,33,36H,5-6,8-9,11H2,1-3H3/t18-,21-,24-,25+/m0/s1. The first-order chi connectivity index (χ1) is 17.2. The van der Waals surface area contributed by atoms with Gasteiger partial charge in [0.05, 0.1) is 12.2 Å². The highest BCUT2D eigenvalue weighted by Gasteiger charge is 2.58. The number of halogens is 1. The number of nitrogens with one attached hydrogen (secondary N) is 1. The fourth-order valence-corrected chi connectivity index (χ4v) is 5.88. The normalized spacial score (nSPS) is 29.2. The first-order valence-corrected chi connectivity index (χ1v) is 12.3. The topological polar surface area (TPSA) is 129 Å². The minimum atomic E-state index is -1.03. The van der Waals surface area contributed by atoms with Gasteiger partial charge in [-0.05, 0) is 58.1 Å². The molecule has 2 aromatic heterocycles. The van der Waals surface area contributed by atoms with Gasteiger partial charge >= 0.3 is 0 Å². The molecule has 2 aliphatic heterocycles. The predicted octanol–water partition coefficient (Wildman–Crippen LogP) is 2.89. The Morgan fingerprint density at radius 2 is 2.06 bits per heavy atom. The number of aryl methyl sites for hydroxylation is 1. The summed E-state index contributed by atoms with van der Waals surface area (Å²) in [6.07, 6.45) is 5.00. The Hall–Kier alpha value is -3.65. The van der Waals surface area contributed by atoms with Crippen LogP contribution in [0.4, 0.5) is 10.3 Å². The molecule has 4 atom stereocenters. The molecule has 0 radical (unpaired) electrons. The maximum Gasteiger partial charge on any atom is 0.245 e. The first-order valence-electron chi connectivity index (χ1n) is 12.3. The maximum atomic E-state index is 15.8. The van der Waals surface area contributed by atoms with Gasteiger partial charge in [-0.3, -0.25) is 0 Å². The molecule has 36 heavy (non-hydrogen) atoms. The lowest BCUT2D eigenvalue weighted by Crippen LogP contribution is -2.66. The largest absolute Gasteiger partial charge is 0.507 e. The lowest BCUT2D eigenvalue weighted by Gasteiger charge is -2.48. The minimum absolute atomic E-state index is 0.0269. The van der Waals surface area contributed by atoms with Crippen LogP contribution in [0.25, 0.3) is 22.6 Å². The van der Waals surface area contributed by atoms with E-state index in [0.717, 1.165) is 25.7 Å². The lowest BCUT2D eigenvalue weighted by molar-refractivity contribution is 0.0828. The van der Waals surface area contributed by atoms with Gasteiger partial charge in [0.2, 0.25) is 11.8 Å². The van der Waals surface area contributed by atoms with E-state index in [9.17, 15) is 5.11 Å². The summed E-state index contributed by atoms with van der Waals surface area (Å²) in [6.45, 7) is 4.16. The zero-order valence-electron chi connectivity index (χ0n) is 20.5. The number of rotatable bonds is 5. The van der Waals surface area contributed by atoms with Crippen molar-refractivity contribution >= 4 is 5.95 Å². The average molecular weight is 490 g/mol. The van der Waals surface area contributed by atoms with E-state index in [0.29, 0.717) is 35.0 Å². The first kappa shape index (κ1) is 22.8. The molecule has 2 N–H and O–H groups in total. The summed E-state index contributed by atoms with van der Waals surface area (Å²) in [7, 11) is 1.64. The highest BCUT2D eigenvalue weighted by atomic mass is 19.1. The molecule has 1 aromatic carbocycles. The quantitative estimate of drug-likeness (QED) is 0.556. The summed E-state index contributed by atoms with van der Waals surface area (Å²) >= 11 is 0. The van der Waals surface area contributed by atoms with Crippen LogP contribution in [0.15, 0.2) is 24.4 Å². The Morgan fingerprint density at radius 1 is 1.25 bits per heavy atom. The number of hydrogen-bond donors (Lipinski definition) is 2. The lowest BCUT2D eigenvalue weighted by atomic mass is 9.82. The van der Waals surface area contributed by atoms with Crippen LogP contribution in [0.2, 0.25) is 0 Å². The number of phenolic OH excluding ortho intramolecular Hbond substituents is 1. The van der Waals surface area contributed by atoms with Crippen LogP contribution in [0, 0.1) is 11.3 Å². The van der Waals surface area contributed by atoms with E-state index in [1.54, 1.807) is 25.4 Å².